The van der Waals surface area contributed by atoms with E-state index in [4.69, 9.17) is 4.74 Å². The smallest absolute Gasteiger partial charge is 0.372 e. The maximum absolute atomic E-state index is 13.5. The zero-order chi connectivity index (χ0) is 28.3. The van der Waals surface area contributed by atoms with Gasteiger partial charge in [0.25, 0.3) is 0 Å². The number of benzene rings is 3. The molecule has 2 N–H and O–H groups in total. The van der Waals surface area contributed by atoms with Crippen LogP contribution in [0.25, 0.3) is 10.9 Å². The molecule has 40 heavy (non-hydrogen) atoms. The number of alkyl halides is 3. The fourth-order valence-corrected chi connectivity index (χ4v) is 6.44. The predicted molar refractivity (Wildman–Crippen MR) is 146 cm³/mol. The van der Waals surface area contributed by atoms with Gasteiger partial charge in [-0.1, -0.05) is 61.4 Å². The lowest BCUT2D eigenvalue weighted by molar-refractivity contribution is -0.136. The minimum absolute atomic E-state index is 0.0930. The van der Waals surface area contributed by atoms with E-state index in [-0.39, 0.29) is 34.4 Å². The van der Waals surface area contributed by atoms with Gasteiger partial charge in [-0.3, -0.25) is 4.79 Å². The van der Waals surface area contributed by atoms with Gasteiger partial charge in [-0.2, -0.15) is 13.2 Å². The number of rotatable bonds is 8. The molecular weight excluding hydrogens is 541 g/mol. The maximum atomic E-state index is 13.5. The van der Waals surface area contributed by atoms with Crippen LogP contribution in [0.3, 0.4) is 0 Å². The number of aromatic nitrogens is 1. The van der Waals surface area contributed by atoms with Crippen molar-refractivity contribution in [1.82, 2.24) is 9.71 Å². The molecule has 0 amide bonds. The van der Waals surface area contributed by atoms with E-state index in [1.54, 1.807) is 18.2 Å². The Labute approximate surface area is 230 Å². The average Bonchev–Trinajstić information content (AvgIpc) is 2.92. The fourth-order valence-electron chi connectivity index (χ4n) is 5.14. The molecule has 0 saturated heterocycles. The van der Waals surface area contributed by atoms with Crippen LogP contribution in [0.1, 0.15) is 47.9 Å². The fraction of sp³-hybridized carbons (Fsp3) is 0.300. The molecule has 1 aliphatic rings. The van der Waals surface area contributed by atoms with Crippen molar-refractivity contribution >= 4 is 20.9 Å². The minimum Gasteiger partial charge on any atom is -0.372 e. The number of halogens is 3. The highest BCUT2D eigenvalue weighted by Gasteiger charge is 2.33. The Kier molecular flexibility index (Phi) is 8.11. The summed E-state index contributed by atoms with van der Waals surface area (Å²) in [5.41, 5.74) is 0.650. The lowest BCUT2D eigenvalue weighted by Gasteiger charge is -2.32. The van der Waals surface area contributed by atoms with Crippen molar-refractivity contribution in [2.45, 2.75) is 61.9 Å². The number of ether oxygens (including phenoxy) is 1. The van der Waals surface area contributed by atoms with E-state index in [1.165, 1.54) is 24.3 Å². The molecule has 1 aliphatic carbocycles. The summed E-state index contributed by atoms with van der Waals surface area (Å²) in [4.78, 5) is 14.2. The molecule has 1 heterocycles. The third-order valence-corrected chi connectivity index (χ3v) is 8.68. The summed E-state index contributed by atoms with van der Waals surface area (Å²) in [5.74, 6) is 0. The first kappa shape index (κ1) is 28.1. The minimum atomic E-state index is -4.67. The molecule has 1 aromatic heterocycles. The van der Waals surface area contributed by atoms with E-state index in [9.17, 15) is 26.4 Å². The van der Waals surface area contributed by atoms with Crippen LogP contribution in [-0.2, 0) is 34.0 Å². The molecule has 1 fully saturated rings. The Bertz CT molecular complexity index is 1640. The van der Waals surface area contributed by atoms with E-state index in [1.807, 2.05) is 30.3 Å². The van der Waals surface area contributed by atoms with Gasteiger partial charge in [0.05, 0.1) is 23.2 Å². The number of hydrogen-bond donors (Lipinski definition) is 2. The normalized spacial score (nSPS) is 18.2. The van der Waals surface area contributed by atoms with E-state index < -0.39 is 27.3 Å². The number of aromatic amines is 1. The first-order valence-corrected chi connectivity index (χ1v) is 14.6. The van der Waals surface area contributed by atoms with Crippen molar-refractivity contribution < 1.29 is 26.3 Å². The standard InChI is InChI=1S/C30H29F3N2O4S/c31-30(32,33)25-18-29(36)34-26-15-12-22(17-24(25)26)16-20-10-13-23(14-11-20)40(37,38)35-27-8-4-5-9-28(27)39-19-21-6-2-1-3-7-21/h1-3,6-7,10-15,17-18,27-28,35H,4-5,8-9,16,19H2,(H,34,36). The Hall–Kier alpha value is -3.47. The number of H-pyrrole nitrogens is 1. The van der Waals surface area contributed by atoms with Gasteiger partial charge in [0.1, 0.15) is 0 Å². The molecule has 0 bridgehead atoms. The SMILES string of the molecule is O=c1cc(C(F)(F)F)c2cc(Cc3ccc(S(=O)(=O)NC4CCCCC4OCc4ccccc4)cc3)ccc2[nH]1. The topological polar surface area (TPSA) is 88.3 Å². The van der Waals surface area contributed by atoms with Crippen LogP contribution < -0.4 is 10.3 Å². The molecule has 3 aromatic carbocycles. The number of pyridine rings is 1. The van der Waals surface area contributed by atoms with E-state index >= 15 is 0 Å². The van der Waals surface area contributed by atoms with Gasteiger partial charge in [-0.05, 0) is 60.2 Å². The van der Waals surface area contributed by atoms with Gasteiger partial charge in [0.2, 0.25) is 15.6 Å². The lowest BCUT2D eigenvalue weighted by Crippen LogP contribution is -2.46. The summed E-state index contributed by atoms with van der Waals surface area (Å²) in [6.45, 7) is 0.410. The van der Waals surface area contributed by atoms with Crippen molar-refractivity contribution in [2.75, 3.05) is 0 Å². The second kappa shape index (κ2) is 11.6. The number of hydrogen-bond acceptors (Lipinski definition) is 4. The summed E-state index contributed by atoms with van der Waals surface area (Å²) in [6, 6.07) is 20.8. The highest BCUT2D eigenvalue weighted by atomic mass is 32.2. The highest BCUT2D eigenvalue weighted by molar-refractivity contribution is 7.89. The molecule has 1 saturated carbocycles. The number of nitrogens with one attached hydrogen (secondary N) is 2. The third-order valence-electron chi connectivity index (χ3n) is 7.17. The Morgan fingerprint density at radius 2 is 1.57 bits per heavy atom. The molecule has 5 rings (SSSR count). The monoisotopic (exact) mass is 570 g/mol. The van der Waals surface area contributed by atoms with Crippen LogP contribution in [-0.4, -0.2) is 25.5 Å². The maximum Gasteiger partial charge on any atom is 0.417 e. The van der Waals surface area contributed by atoms with Crippen LogP contribution in [0.15, 0.2) is 88.6 Å². The predicted octanol–water partition coefficient (Wildman–Crippen LogP) is 5.94. The van der Waals surface area contributed by atoms with Gasteiger partial charge in [0, 0.05) is 23.0 Å². The van der Waals surface area contributed by atoms with Gasteiger partial charge < -0.3 is 9.72 Å². The van der Waals surface area contributed by atoms with E-state index in [2.05, 4.69) is 9.71 Å². The third kappa shape index (κ3) is 6.63. The van der Waals surface area contributed by atoms with Gasteiger partial charge >= 0.3 is 6.18 Å². The summed E-state index contributed by atoms with van der Waals surface area (Å²) in [7, 11) is -3.81. The molecule has 0 spiro atoms. The summed E-state index contributed by atoms with van der Waals surface area (Å²) >= 11 is 0. The molecule has 210 valence electrons. The lowest BCUT2D eigenvalue weighted by atomic mass is 9.93. The van der Waals surface area contributed by atoms with E-state index in [0.717, 1.165) is 30.4 Å². The first-order chi connectivity index (χ1) is 19.1. The molecule has 2 unspecified atom stereocenters. The van der Waals surface area contributed by atoms with Crippen molar-refractivity contribution in [3.05, 3.63) is 111 Å². The Balaban J connectivity index is 1.28. The van der Waals surface area contributed by atoms with Crippen LogP contribution in [0.4, 0.5) is 13.2 Å². The molecular formula is C30H29F3N2O4S. The molecule has 0 aliphatic heterocycles. The summed E-state index contributed by atoms with van der Waals surface area (Å²) in [6.07, 6.45) is -1.27. The second-order valence-electron chi connectivity index (χ2n) is 10.1. The molecule has 2 atom stereocenters. The summed E-state index contributed by atoms with van der Waals surface area (Å²) < 4.78 is 75.8. The van der Waals surface area contributed by atoms with E-state index in [0.29, 0.717) is 24.7 Å². The van der Waals surface area contributed by atoms with Crippen LogP contribution >= 0.6 is 0 Å². The molecule has 4 aromatic rings. The summed E-state index contributed by atoms with van der Waals surface area (Å²) in [5, 5.41) is -0.0930. The first-order valence-electron chi connectivity index (χ1n) is 13.1. The van der Waals surface area contributed by atoms with Crippen molar-refractivity contribution in [1.29, 1.82) is 0 Å². The molecule has 6 nitrogen and oxygen atoms in total. The Morgan fingerprint density at radius 1 is 0.875 bits per heavy atom. The number of sulfonamides is 1. The quantitative estimate of drug-likeness (QED) is 0.274. The van der Waals surface area contributed by atoms with Crippen LogP contribution in [0, 0.1) is 0 Å². The largest absolute Gasteiger partial charge is 0.417 e. The van der Waals surface area contributed by atoms with Gasteiger partial charge in [0.15, 0.2) is 0 Å². The molecule has 0 radical (unpaired) electrons. The second-order valence-corrected chi connectivity index (χ2v) is 11.8. The van der Waals surface area contributed by atoms with Gasteiger partial charge in [-0.15, -0.1) is 0 Å². The van der Waals surface area contributed by atoms with Crippen molar-refractivity contribution in [3.8, 4) is 0 Å². The Morgan fingerprint density at radius 3 is 2.30 bits per heavy atom. The zero-order valence-electron chi connectivity index (χ0n) is 21.6. The van der Waals surface area contributed by atoms with Crippen molar-refractivity contribution in [2.24, 2.45) is 0 Å². The van der Waals surface area contributed by atoms with Gasteiger partial charge in [-0.25, -0.2) is 13.1 Å². The average molecular weight is 571 g/mol. The highest BCUT2D eigenvalue weighted by Crippen LogP contribution is 2.34. The molecule has 10 heteroatoms. The number of fused-ring (bicyclic) bond motifs is 1. The zero-order valence-corrected chi connectivity index (χ0v) is 22.4. The van der Waals surface area contributed by atoms with Crippen molar-refractivity contribution in [3.63, 3.8) is 0 Å². The van der Waals surface area contributed by atoms with Crippen LogP contribution in [0.5, 0.6) is 0 Å². The van der Waals surface area contributed by atoms with Crippen LogP contribution in [0.2, 0.25) is 0 Å².